The third-order valence-electron chi connectivity index (χ3n) is 4.22. The van der Waals surface area contributed by atoms with Crippen molar-refractivity contribution >= 4 is 20.2 Å². The number of esters is 1. The summed E-state index contributed by atoms with van der Waals surface area (Å²) in [5.74, 6) is -0.435. The van der Waals surface area contributed by atoms with Crippen LogP contribution in [0.25, 0.3) is 0 Å². The molecule has 0 atom stereocenters. The van der Waals surface area contributed by atoms with Crippen LogP contribution >= 0.6 is 0 Å². The molecule has 0 aromatic heterocycles. The van der Waals surface area contributed by atoms with Crippen LogP contribution in [0.4, 0.5) is 0 Å². The van der Waals surface area contributed by atoms with E-state index in [0.717, 1.165) is 12.8 Å². The number of unbranched alkanes of at least 4 members (excludes halogenated alkanes) is 7. The Balaban J connectivity index is 3.33. The summed E-state index contributed by atoms with van der Waals surface area (Å²) in [5.41, 5.74) is 0. The van der Waals surface area contributed by atoms with E-state index in [0.29, 0.717) is 13.0 Å². The van der Waals surface area contributed by atoms with Crippen LogP contribution in [0.5, 0.6) is 0 Å². The lowest BCUT2D eigenvalue weighted by atomic mass is 10.1. The summed E-state index contributed by atoms with van der Waals surface area (Å²) >= 11 is 0. The van der Waals surface area contributed by atoms with Crippen molar-refractivity contribution in [3.05, 3.63) is 0 Å². The number of carbonyl (C=O) groups is 2. The van der Waals surface area contributed by atoms with E-state index in [1.54, 1.807) is 6.92 Å². The Morgan fingerprint density at radius 2 is 1.46 bits per heavy atom. The molecule has 0 rings (SSSR count). The van der Waals surface area contributed by atoms with Gasteiger partial charge in [0.05, 0.1) is 6.61 Å². The highest BCUT2D eigenvalue weighted by atomic mass is 28.4. The molecule has 0 unspecified atom stereocenters. The highest BCUT2D eigenvalue weighted by Crippen LogP contribution is 2.16. The molecule has 0 saturated carbocycles. The van der Waals surface area contributed by atoms with Gasteiger partial charge in [0.15, 0.2) is 8.32 Å². The maximum absolute atomic E-state index is 11.5. The lowest BCUT2D eigenvalue weighted by Crippen LogP contribution is -2.30. The Bertz CT molecular complexity index is 348. The summed E-state index contributed by atoms with van der Waals surface area (Å²) < 4.78 is 10.3. The van der Waals surface area contributed by atoms with Crippen LogP contribution in [-0.4, -0.2) is 40.5 Å². The molecule has 0 spiro atoms. The molecule has 0 aliphatic carbocycles. The van der Waals surface area contributed by atoms with Crippen LogP contribution in [0.1, 0.15) is 64.7 Å². The third-order valence-corrected chi connectivity index (χ3v) is 6.88. The van der Waals surface area contributed by atoms with E-state index in [1.807, 2.05) is 7.11 Å². The van der Waals surface area contributed by atoms with Gasteiger partial charge in [0.2, 0.25) is 5.91 Å². The second-order valence-electron chi connectivity index (χ2n) is 6.87. The van der Waals surface area contributed by atoms with E-state index in [2.05, 4.69) is 18.4 Å². The van der Waals surface area contributed by atoms with Crippen LogP contribution in [0.2, 0.25) is 19.1 Å². The first-order chi connectivity index (χ1) is 11.4. The molecule has 0 aromatic rings. The number of ether oxygens (including phenoxy) is 1. The first-order valence-electron chi connectivity index (χ1n) is 9.38. The summed E-state index contributed by atoms with van der Waals surface area (Å²) in [5, 5.41) is 2.59. The monoisotopic (exact) mass is 359 g/mol. The first-order valence-corrected chi connectivity index (χ1v) is 12.5. The predicted octanol–water partition coefficient (Wildman–Crippen LogP) is 4.03. The number of rotatable bonds is 15. The average molecular weight is 360 g/mol. The summed E-state index contributed by atoms with van der Waals surface area (Å²) in [6.07, 6.45) is 10.1. The van der Waals surface area contributed by atoms with E-state index in [1.165, 1.54) is 44.6 Å². The van der Waals surface area contributed by atoms with Gasteiger partial charge in [-0.3, -0.25) is 9.59 Å². The number of hydrogen-bond donors (Lipinski definition) is 1. The molecular weight excluding hydrogens is 322 g/mol. The molecule has 0 saturated heterocycles. The van der Waals surface area contributed by atoms with Crippen LogP contribution in [-0.2, 0) is 18.8 Å². The minimum absolute atomic E-state index is 0.0184. The van der Waals surface area contributed by atoms with Gasteiger partial charge in [-0.05, 0) is 32.5 Å². The summed E-state index contributed by atoms with van der Waals surface area (Å²) in [4.78, 5) is 22.6. The molecule has 0 aromatic carbocycles. The van der Waals surface area contributed by atoms with Gasteiger partial charge < -0.3 is 14.5 Å². The molecule has 6 heteroatoms. The normalized spacial score (nSPS) is 11.3. The topological polar surface area (TPSA) is 64.6 Å². The third kappa shape index (κ3) is 14.7. The average Bonchev–Trinajstić information content (AvgIpc) is 2.55. The lowest BCUT2D eigenvalue weighted by Gasteiger charge is -2.19. The second kappa shape index (κ2) is 14.5. The maximum Gasteiger partial charge on any atom is 0.325 e. The van der Waals surface area contributed by atoms with Crippen molar-refractivity contribution in [2.24, 2.45) is 0 Å². The number of amides is 1. The van der Waals surface area contributed by atoms with Crippen molar-refractivity contribution in [3.63, 3.8) is 0 Å². The van der Waals surface area contributed by atoms with Crippen molar-refractivity contribution < 1.29 is 18.8 Å². The van der Waals surface area contributed by atoms with Crippen LogP contribution < -0.4 is 5.32 Å². The van der Waals surface area contributed by atoms with Crippen LogP contribution in [0.3, 0.4) is 0 Å². The minimum atomic E-state index is -1.36. The van der Waals surface area contributed by atoms with Gasteiger partial charge in [0, 0.05) is 13.5 Å². The van der Waals surface area contributed by atoms with Gasteiger partial charge in [0.1, 0.15) is 6.54 Å². The molecule has 0 fully saturated rings. The smallest absolute Gasteiger partial charge is 0.325 e. The standard InChI is InChI=1S/C18H37NO4Si/c1-5-23-18(21)16-19-17(20)14-12-10-8-6-7-9-11-13-15-24(3,4)22-2/h5-16H2,1-4H3,(H,19,20). The summed E-state index contributed by atoms with van der Waals surface area (Å²) in [6.45, 7) is 6.63. The molecule has 0 bridgehead atoms. The van der Waals surface area contributed by atoms with E-state index < -0.39 is 8.32 Å². The largest absolute Gasteiger partial charge is 0.465 e. The Hall–Kier alpha value is -0.883. The molecule has 5 nitrogen and oxygen atoms in total. The fourth-order valence-electron chi connectivity index (χ4n) is 2.47. The number of hydrogen-bond acceptors (Lipinski definition) is 4. The van der Waals surface area contributed by atoms with Crippen molar-refractivity contribution in [2.75, 3.05) is 20.3 Å². The molecule has 0 aliphatic heterocycles. The Morgan fingerprint density at radius 3 is 2.00 bits per heavy atom. The Kier molecular flexibility index (Phi) is 13.9. The SMILES string of the molecule is CCOC(=O)CNC(=O)CCCCCCCCCC[Si](C)(C)OC. The van der Waals surface area contributed by atoms with Gasteiger partial charge in [-0.25, -0.2) is 0 Å². The maximum atomic E-state index is 11.5. The van der Waals surface area contributed by atoms with E-state index in [-0.39, 0.29) is 18.4 Å². The molecule has 1 amide bonds. The van der Waals surface area contributed by atoms with Gasteiger partial charge >= 0.3 is 5.97 Å². The lowest BCUT2D eigenvalue weighted by molar-refractivity contribution is -0.143. The highest BCUT2D eigenvalue weighted by molar-refractivity contribution is 6.71. The molecule has 0 radical (unpaired) electrons. The zero-order chi connectivity index (χ0) is 18.3. The van der Waals surface area contributed by atoms with Crippen LogP contribution in [0.15, 0.2) is 0 Å². The summed E-state index contributed by atoms with van der Waals surface area (Å²) in [7, 11) is 0.477. The first kappa shape index (κ1) is 23.1. The Labute approximate surface area is 149 Å². The fraction of sp³-hybridized carbons (Fsp3) is 0.889. The number of carbonyl (C=O) groups excluding carboxylic acids is 2. The van der Waals surface area contributed by atoms with E-state index in [4.69, 9.17) is 9.16 Å². The zero-order valence-electron chi connectivity index (χ0n) is 16.1. The van der Waals surface area contributed by atoms with Crippen molar-refractivity contribution in [2.45, 2.75) is 83.8 Å². The molecule has 24 heavy (non-hydrogen) atoms. The van der Waals surface area contributed by atoms with E-state index >= 15 is 0 Å². The highest BCUT2D eigenvalue weighted by Gasteiger charge is 2.19. The predicted molar refractivity (Wildman–Crippen MR) is 100 cm³/mol. The van der Waals surface area contributed by atoms with Crippen LogP contribution in [0, 0.1) is 0 Å². The minimum Gasteiger partial charge on any atom is -0.465 e. The van der Waals surface area contributed by atoms with E-state index in [9.17, 15) is 9.59 Å². The van der Waals surface area contributed by atoms with Crippen molar-refractivity contribution in [1.82, 2.24) is 5.32 Å². The quantitative estimate of drug-likeness (QED) is 0.272. The molecule has 0 heterocycles. The molecule has 142 valence electrons. The van der Waals surface area contributed by atoms with Crippen molar-refractivity contribution in [3.8, 4) is 0 Å². The van der Waals surface area contributed by atoms with Gasteiger partial charge in [-0.1, -0.05) is 44.9 Å². The van der Waals surface area contributed by atoms with Gasteiger partial charge in [-0.15, -0.1) is 0 Å². The number of nitrogens with one attached hydrogen (secondary N) is 1. The molecule has 1 N–H and O–H groups in total. The Morgan fingerprint density at radius 1 is 0.917 bits per heavy atom. The van der Waals surface area contributed by atoms with Crippen molar-refractivity contribution in [1.29, 1.82) is 0 Å². The molecule has 0 aliphatic rings. The molecular formula is C18H37NO4Si. The second-order valence-corrected chi connectivity index (χ2v) is 11.3. The van der Waals surface area contributed by atoms with Gasteiger partial charge in [-0.2, -0.15) is 0 Å². The zero-order valence-corrected chi connectivity index (χ0v) is 17.1. The summed E-state index contributed by atoms with van der Waals surface area (Å²) in [6, 6.07) is 1.25. The fourth-order valence-corrected chi connectivity index (χ4v) is 3.78. The van der Waals surface area contributed by atoms with Gasteiger partial charge in [0.25, 0.3) is 0 Å².